The highest BCUT2D eigenvalue weighted by molar-refractivity contribution is 8.00. The Bertz CT molecular complexity index is 1090. The zero-order valence-electron chi connectivity index (χ0n) is 16.7. The number of sulfone groups is 1. The second kappa shape index (κ2) is 7.97. The predicted octanol–water partition coefficient (Wildman–Crippen LogP) is 4.86. The van der Waals surface area contributed by atoms with Gasteiger partial charge in [0.1, 0.15) is 0 Å². The van der Waals surface area contributed by atoms with Gasteiger partial charge in [0, 0.05) is 19.3 Å². The van der Waals surface area contributed by atoms with Crippen molar-refractivity contribution in [3.63, 3.8) is 0 Å². The fraction of sp³-hybridized carbons (Fsp3) is 0.200. The molecule has 1 saturated heterocycles. The van der Waals surface area contributed by atoms with E-state index in [4.69, 9.17) is 0 Å². The highest BCUT2D eigenvalue weighted by Gasteiger charge is 2.34. The van der Waals surface area contributed by atoms with Crippen LogP contribution in [-0.2, 0) is 9.84 Å². The van der Waals surface area contributed by atoms with E-state index >= 15 is 0 Å². The van der Waals surface area contributed by atoms with Gasteiger partial charge >= 0.3 is 0 Å². The summed E-state index contributed by atoms with van der Waals surface area (Å²) in [6.45, 7) is 3.25. The third-order valence-electron chi connectivity index (χ3n) is 5.47. The van der Waals surface area contributed by atoms with Crippen molar-refractivity contribution in [3.8, 4) is 0 Å². The molecule has 0 atom stereocenters. The minimum absolute atomic E-state index is 0.110. The average molecular weight is 404 g/mol. The van der Waals surface area contributed by atoms with Gasteiger partial charge in [-0.15, -0.1) is 0 Å². The van der Waals surface area contributed by atoms with Crippen LogP contribution < -0.4 is 0 Å². The van der Waals surface area contributed by atoms with Gasteiger partial charge in [0.05, 0.1) is 10.9 Å². The van der Waals surface area contributed by atoms with E-state index in [9.17, 15) is 8.42 Å². The molecule has 148 valence electrons. The highest BCUT2D eigenvalue weighted by Crippen LogP contribution is 2.38. The van der Waals surface area contributed by atoms with Crippen LogP contribution in [0.3, 0.4) is 0 Å². The van der Waals surface area contributed by atoms with Crippen LogP contribution in [0.1, 0.15) is 28.3 Å². The standard InChI is InChI=1S/C25H25NO2S/c1-19-11-9-10-16-23(19)25(29(2,27)28)22-17-26(18-22)24(20-12-5-3-6-13-20)21-14-7-4-8-15-21/h3-16,24H,17-18H2,1-2H3. The monoisotopic (exact) mass is 403 g/mol. The minimum Gasteiger partial charge on any atom is -0.284 e. The number of benzene rings is 3. The van der Waals surface area contributed by atoms with Gasteiger partial charge < -0.3 is 0 Å². The maximum atomic E-state index is 12.7. The first-order chi connectivity index (χ1) is 13.9. The maximum absolute atomic E-state index is 12.7. The first kappa shape index (κ1) is 19.6. The van der Waals surface area contributed by atoms with E-state index < -0.39 is 9.84 Å². The minimum atomic E-state index is -3.33. The van der Waals surface area contributed by atoms with Crippen molar-refractivity contribution >= 4 is 14.7 Å². The quantitative estimate of drug-likeness (QED) is 0.611. The van der Waals surface area contributed by atoms with Crippen LogP contribution in [0.25, 0.3) is 4.91 Å². The summed E-state index contributed by atoms with van der Waals surface area (Å²) in [5.41, 5.74) is 5.23. The van der Waals surface area contributed by atoms with Crippen LogP contribution >= 0.6 is 0 Å². The Kier molecular flexibility index (Phi) is 5.39. The van der Waals surface area contributed by atoms with Gasteiger partial charge in [-0.3, -0.25) is 4.90 Å². The van der Waals surface area contributed by atoms with Crippen molar-refractivity contribution in [1.29, 1.82) is 0 Å². The molecule has 29 heavy (non-hydrogen) atoms. The molecule has 3 aromatic rings. The summed E-state index contributed by atoms with van der Waals surface area (Å²) in [5.74, 6) is 0. The lowest BCUT2D eigenvalue weighted by Crippen LogP contribution is -2.44. The van der Waals surface area contributed by atoms with E-state index in [1.54, 1.807) is 0 Å². The van der Waals surface area contributed by atoms with Crippen molar-refractivity contribution < 1.29 is 8.42 Å². The molecule has 4 rings (SSSR count). The fourth-order valence-corrected chi connectivity index (χ4v) is 5.42. The average Bonchev–Trinajstić information content (AvgIpc) is 2.68. The van der Waals surface area contributed by atoms with E-state index in [0.717, 1.165) is 16.7 Å². The van der Waals surface area contributed by atoms with Crippen molar-refractivity contribution in [2.45, 2.75) is 13.0 Å². The molecule has 0 amide bonds. The van der Waals surface area contributed by atoms with Crippen LogP contribution in [0.4, 0.5) is 0 Å². The molecular weight excluding hydrogens is 378 g/mol. The maximum Gasteiger partial charge on any atom is 0.176 e. The Labute approximate surface area is 173 Å². The molecule has 0 radical (unpaired) electrons. The molecule has 1 aliphatic rings. The van der Waals surface area contributed by atoms with E-state index in [1.807, 2.05) is 43.3 Å². The second-order valence-corrected chi connectivity index (χ2v) is 9.60. The van der Waals surface area contributed by atoms with Crippen LogP contribution in [0.15, 0.2) is 90.5 Å². The van der Waals surface area contributed by atoms with Crippen LogP contribution in [-0.4, -0.2) is 32.7 Å². The Hall–Kier alpha value is -2.69. The second-order valence-electron chi connectivity index (χ2n) is 7.65. The molecule has 1 fully saturated rings. The molecule has 0 saturated carbocycles. The van der Waals surface area contributed by atoms with Gasteiger partial charge in [-0.05, 0) is 34.8 Å². The predicted molar refractivity (Wildman–Crippen MR) is 119 cm³/mol. The molecule has 1 heterocycles. The largest absolute Gasteiger partial charge is 0.284 e. The highest BCUT2D eigenvalue weighted by atomic mass is 32.2. The molecule has 3 nitrogen and oxygen atoms in total. The number of hydrogen-bond donors (Lipinski definition) is 0. The van der Waals surface area contributed by atoms with E-state index in [0.29, 0.717) is 18.0 Å². The third kappa shape index (κ3) is 4.04. The van der Waals surface area contributed by atoms with E-state index in [-0.39, 0.29) is 6.04 Å². The number of hydrogen-bond acceptors (Lipinski definition) is 3. The lowest BCUT2D eigenvalue weighted by molar-refractivity contribution is 0.203. The summed E-state index contributed by atoms with van der Waals surface area (Å²) in [6, 6.07) is 28.6. The Morgan fingerprint density at radius 1 is 0.793 bits per heavy atom. The summed E-state index contributed by atoms with van der Waals surface area (Å²) in [6.07, 6.45) is 1.32. The Morgan fingerprint density at radius 3 is 1.76 bits per heavy atom. The van der Waals surface area contributed by atoms with Crippen LogP contribution in [0, 0.1) is 6.92 Å². The van der Waals surface area contributed by atoms with Gasteiger partial charge in [-0.2, -0.15) is 0 Å². The lowest BCUT2D eigenvalue weighted by atomic mass is 9.92. The molecular formula is C25H25NO2S. The normalized spacial score (nSPS) is 14.7. The first-order valence-corrected chi connectivity index (χ1v) is 11.7. The molecule has 0 aliphatic carbocycles. The first-order valence-electron chi connectivity index (χ1n) is 9.77. The molecule has 3 aromatic carbocycles. The van der Waals surface area contributed by atoms with Gasteiger partial charge in [-0.25, -0.2) is 8.42 Å². The molecule has 0 unspecified atom stereocenters. The van der Waals surface area contributed by atoms with Crippen molar-refractivity contribution in [1.82, 2.24) is 4.90 Å². The summed E-state index contributed by atoms with van der Waals surface area (Å²) in [7, 11) is -3.33. The van der Waals surface area contributed by atoms with E-state index in [1.165, 1.54) is 17.4 Å². The van der Waals surface area contributed by atoms with Crippen molar-refractivity contribution in [2.75, 3.05) is 19.3 Å². The van der Waals surface area contributed by atoms with Crippen LogP contribution in [0.5, 0.6) is 0 Å². The summed E-state index contributed by atoms with van der Waals surface area (Å²) < 4.78 is 25.3. The summed E-state index contributed by atoms with van der Waals surface area (Å²) in [4.78, 5) is 2.83. The zero-order chi connectivity index (χ0) is 20.4. The van der Waals surface area contributed by atoms with Gasteiger partial charge in [0.25, 0.3) is 0 Å². The fourth-order valence-electron chi connectivity index (χ4n) is 4.13. The number of rotatable bonds is 5. The molecule has 0 bridgehead atoms. The Morgan fingerprint density at radius 2 is 1.28 bits per heavy atom. The molecule has 0 N–H and O–H groups in total. The van der Waals surface area contributed by atoms with Crippen molar-refractivity contribution in [2.24, 2.45) is 0 Å². The van der Waals surface area contributed by atoms with Gasteiger partial charge in [-0.1, -0.05) is 84.9 Å². The summed E-state index contributed by atoms with van der Waals surface area (Å²) >= 11 is 0. The van der Waals surface area contributed by atoms with Crippen LogP contribution in [0.2, 0.25) is 0 Å². The SMILES string of the molecule is Cc1ccccc1C(=C1CN(C(c2ccccc2)c2ccccc2)C1)S(C)(=O)=O. The molecule has 1 aliphatic heterocycles. The number of likely N-dealkylation sites (tertiary alicyclic amines) is 1. The topological polar surface area (TPSA) is 37.4 Å². The smallest absolute Gasteiger partial charge is 0.176 e. The van der Waals surface area contributed by atoms with Gasteiger partial charge in [0.15, 0.2) is 9.84 Å². The molecule has 0 aromatic heterocycles. The van der Waals surface area contributed by atoms with Gasteiger partial charge in [0.2, 0.25) is 0 Å². The van der Waals surface area contributed by atoms with E-state index in [2.05, 4.69) is 53.4 Å². The zero-order valence-corrected chi connectivity index (χ0v) is 17.6. The number of nitrogens with zero attached hydrogens (tertiary/aromatic N) is 1. The lowest BCUT2D eigenvalue weighted by Gasteiger charge is -2.42. The van der Waals surface area contributed by atoms with Crippen molar-refractivity contribution in [3.05, 3.63) is 113 Å². The molecule has 0 spiro atoms. The third-order valence-corrected chi connectivity index (χ3v) is 6.72. The summed E-state index contributed by atoms with van der Waals surface area (Å²) in [5, 5.41) is 0. The Balaban J connectivity index is 1.72. The molecule has 4 heteroatoms. The number of aryl methyl sites for hydroxylation is 1.